The number of carbonyl (C=O) groups is 1. The Morgan fingerprint density at radius 3 is 2.56 bits per heavy atom. The molecule has 0 heterocycles. The van der Waals surface area contributed by atoms with Crippen LogP contribution < -0.4 is 0 Å². The Balaban J connectivity index is 1.88. The van der Waals surface area contributed by atoms with Crippen molar-refractivity contribution in [1.82, 2.24) is 4.90 Å². The van der Waals surface area contributed by atoms with Crippen LogP contribution in [0, 0.1) is 5.92 Å². The molecule has 1 aromatic rings. The summed E-state index contributed by atoms with van der Waals surface area (Å²) in [4.78, 5) is 14.6. The van der Waals surface area contributed by atoms with E-state index in [2.05, 4.69) is 17.1 Å². The largest absolute Gasteiger partial charge is 0.508 e. The Kier molecular flexibility index (Phi) is 7.26. The van der Waals surface area contributed by atoms with Crippen LogP contribution >= 0.6 is 0 Å². The average molecular weight is 343 g/mol. The van der Waals surface area contributed by atoms with Crippen molar-refractivity contribution in [2.45, 2.75) is 39.2 Å². The fourth-order valence-corrected chi connectivity index (χ4v) is 3.08. The first-order valence-electron chi connectivity index (χ1n) is 8.97. The quantitative estimate of drug-likeness (QED) is 0.731. The normalized spacial score (nSPS) is 15.3. The monoisotopic (exact) mass is 343 g/mol. The number of likely N-dealkylation sites (N-methyl/N-ethyl adjacent to an activating group) is 1. The molecule has 1 unspecified atom stereocenters. The lowest BCUT2D eigenvalue weighted by Crippen LogP contribution is -2.44. The second-order valence-electron chi connectivity index (χ2n) is 6.95. The predicted octanol–water partition coefficient (Wildman–Crippen LogP) is 3.71. The first-order chi connectivity index (χ1) is 12.0. The van der Waals surface area contributed by atoms with E-state index in [4.69, 9.17) is 4.74 Å². The lowest BCUT2D eigenvalue weighted by atomic mass is 10.0. The number of aromatic hydroxyl groups is 1. The highest BCUT2D eigenvalue weighted by Crippen LogP contribution is 2.16. The molecule has 0 fully saturated rings. The van der Waals surface area contributed by atoms with Crippen molar-refractivity contribution in [3.63, 3.8) is 0 Å². The van der Waals surface area contributed by atoms with E-state index in [0.717, 1.165) is 36.9 Å². The number of rotatable bonds is 8. The number of benzene rings is 1. The zero-order valence-electron chi connectivity index (χ0n) is 15.4. The first-order valence-corrected chi connectivity index (χ1v) is 8.97. The van der Waals surface area contributed by atoms with Gasteiger partial charge in [-0.3, -0.25) is 9.69 Å². The summed E-state index contributed by atoms with van der Waals surface area (Å²) in [6, 6.07) is 6.94. The van der Waals surface area contributed by atoms with Gasteiger partial charge in [-0.15, -0.1) is 0 Å². The third kappa shape index (κ3) is 6.05. The van der Waals surface area contributed by atoms with E-state index in [-0.39, 0.29) is 23.7 Å². The number of allylic oxidation sites excluding steroid dienone is 2. The van der Waals surface area contributed by atoms with Crippen LogP contribution in [0.5, 0.6) is 5.75 Å². The summed E-state index contributed by atoms with van der Waals surface area (Å²) in [6.07, 6.45) is 9.19. The van der Waals surface area contributed by atoms with Crippen LogP contribution in [0.1, 0.15) is 32.3 Å². The standard InChI is InChI=1S/C21H29NO3/c1-16(2)20(21(24)25-15-18-7-5-4-6-8-18)22(3)14-13-17-9-11-19(23)12-10-17/h5,7-12,16,20,23H,4,6,13-15H2,1-3H3. The first kappa shape index (κ1) is 19.3. The second-order valence-corrected chi connectivity index (χ2v) is 6.95. The second kappa shape index (κ2) is 9.42. The zero-order chi connectivity index (χ0) is 18.2. The van der Waals surface area contributed by atoms with Crippen molar-refractivity contribution in [3.8, 4) is 5.75 Å². The molecule has 0 amide bonds. The number of phenolic OH excluding ortho intramolecular Hbond substituents is 1. The molecular formula is C21H29NO3. The Bertz CT molecular complexity index is 617. The van der Waals surface area contributed by atoms with Crippen LogP contribution in [0.25, 0.3) is 0 Å². The number of carbonyl (C=O) groups excluding carboxylic acids is 1. The van der Waals surface area contributed by atoms with Crippen molar-refractivity contribution in [3.05, 3.63) is 53.6 Å². The summed E-state index contributed by atoms with van der Waals surface area (Å²) in [6.45, 7) is 5.20. The molecule has 1 aromatic carbocycles. The molecule has 1 atom stereocenters. The summed E-state index contributed by atoms with van der Waals surface area (Å²) >= 11 is 0. The van der Waals surface area contributed by atoms with Crippen LogP contribution in [-0.2, 0) is 16.0 Å². The van der Waals surface area contributed by atoms with Crippen molar-refractivity contribution in [2.75, 3.05) is 20.2 Å². The van der Waals surface area contributed by atoms with Crippen LogP contribution in [0.3, 0.4) is 0 Å². The lowest BCUT2D eigenvalue weighted by molar-refractivity contribution is -0.150. The molecule has 0 aliphatic heterocycles. The van der Waals surface area contributed by atoms with Crippen molar-refractivity contribution in [2.24, 2.45) is 5.92 Å². The predicted molar refractivity (Wildman–Crippen MR) is 100 cm³/mol. The Labute approximate surface area is 150 Å². The van der Waals surface area contributed by atoms with E-state index >= 15 is 0 Å². The van der Waals surface area contributed by atoms with Crippen molar-refractivity contribution in [1.29, 1.82) is 0 Å². The van der Waals surface area contributed by atoms with E-state index in [1.807, 2.05) is 39.1 Å². The van der Waals surface area contributed by atoms with Crippen molar-refractivity contribution >= 4 is 5.97 Å². The average Bonchev–Trinajstić information content (AvgIpc) is 2.60. The molecule has 136 valence electrons. The SMILES string of the molecule is CC(C)C(C(=O)OCC1=CCCC=C1)N(C)CCc1ccc(O)cc1. The maximum absolute atomic E-state index is 12.6. The number of nitrogens with zero attached hydrogens (tertiary/aromatic N) is 1. The van der Waals surface area contributed by atoms with Gasteiger partial charge in [-0.1, -0.05) is 44.2 Å². The molecule has 1 aliphatic rings. The van der Waals surface area contributed by atoms with Gasteiger partial charge in [-0.05, 0) is 55.5 Å². The van der Waals surface area contributed by atoms with Crippen LogP contribution in [0.2, 0.25) is 0 Å². The van der Waals surface area contributed by atoms with Gasteiger partial charge >= 0.3 is 5.97 Å². The third-order valence-electron chi connectivity index (χ3n) is 4.49. The van der Waals surface area contributed by atoms with Gasteiger partial charge in [0.1, 0.15) is 18.4 Å². The van der Waals surface area contributed by atoms with Gasteiger partial charge in [0, 0.05) is 6.54 Å². The highest BCUT2D eigenvalue weighted by atomic mass is 16.5. The fourth-order valence-electron chi connectivity index (χ4n) is 3.08. The molecule has 4 nitrogen and oxygen atoms in total. The van der Waals surface area contributed by atoms with Gasteiger partial charge < -0.3 is 9.84 Å². The molecular weight excluding hydrogens is 314 g/mol. The number of hydrogen-bond acceptors (Lipinski definition) is 4. The molecule has 2 rings (SSSR count). The minimum absolute atomic E-state index is 0.164. The molecule has 25 heavy (non-hydrogen) atoms. The summed E-state index contributed by atoms with van der Waals surface area (Å²) in [7, 11) is 1.96. The minimum Gasteiger partial charge on any atom is -0.508 e. The molecule has 4 heteroatoms. The lowest BCUT2D eigenvalue weighted by Gasteiger charge is -2.29. The maximum Gasteiger partial charge on any atom is 0.323 e. The van der Waals surface area contributed by atoms with Gasteiger partial charge in [0.25, 0.3) is 0 Å². The highest BCUT2D eigenvalue weighted by Gasteiger charge is 2.28. The van der Waals surface area contributed by atoms with Gasteiger partial charge in [0.05, 0.1) is 0 Å². The molecule has 0 radical (unpaired) electrons. The molecule has 0 spiro atoms. The van der Waals surface area contributed by atoms with Crippen LogP contribution in [0.15, 0.2) is 48.1 Å². The smallest absolute Gasteiger partial charge is 0.323 e. The van der Waals surface area contributed by atoms with E-state index in [1.54, 1.807) is 12.1 Å². The molecule has 0 aromatic heterocycles. The highest BCUT2D eigenvalue weighted by molar-refractivity contribution is 5.76. The van der Waals surface area contributed by atoms with Gasteiger partial charge in [0.2, 0.25) is 0 Å². The van der Waals surface area contributed by atoms with E-state index in [1.165, 1.54) is 0 Å². The summed E-state index contributed by atoms with van der Waals surface area (Å²) in [5.41, 5.74) is 2.21. The fraction of sp³-hybridized carbons (Fsp3) is 0.476. The minimum atomic E-state index is -0.259. The Hall–Kier alpha value is -2.07. The summed E-state index contributed by atoms with van der Waals surface area (Å²) in [5.74, 6) is 0.281. The topological polar surface area (TPSA) is 49.8 Å². The number of phenols is 1. The van der Waals surface area contributed by atoms with Crippen molar-refractivity contribution < 1.29 is 14.6 Å². The van der Waals surface area contributed by atoms with E-state index in [0.29, 0.717) is 6.61 Å². The zero-order valence-corrected chi connectivity index (χ0v) is 15.4. The number of esters is 1. The van der Waals surface area contributed by atoms with E-state index in [9.17, 15) is 9.90 Å². The van der Waals surface area contributed by atoms with Gasteiger partial charge in [0.15, 0.2) is 0 Å². The number of ether oxygens (including phenoxy) is 1. The number of hydrogen-bond donors (Lipinski definition) is 1. The molecule has 1 N–H and O–H groups in total. The van der Waals surface area contributed by atoms with Gasteiger partial charge in [-0.2, -0.15) is 0 Å². The Morgan fingerprint density at radius 1 is 1.24 bits per heavy atom. The van der Waals surface area contributed by atoms with Gasteiger partial charge in [-0.25, -0.2) is 0 Å². The maximum atomic E-state index is 12.6. The molecule has 0 bridgehead atoms. The molecule has 1 aliphatic carbocycles. The van der Waals surface area contributed by atoms with Crippen LogP contribution in [0.4, 0.5) is 0 Å². The molecule has 0 saturated carbocycles. The summed E-state index contributed by atoms with van der Waals surface area (Å²) in [5, 5.41) is 9.35. The summed E-state index contributed by atoms with van der Waals surface area (Å²) < 4.78 is 5.56. The van der Waals surface area contributed by atoms with Crippen LogP contribution in [-0.4, -0.2) is 42.2 Å². The third-order valence-corrected chi connectivity index (χ3v) is 4.49. The Morgan fingerprint density at radius 2 is 1.96 bits per heavy atom. The molecule has 0 saturated heterocycles. The van der Waals surface area contributed by atoms with E-state index < -0.39 is 0 Å².